The van der Waals surface area contributed by atoms with Crippen LogP contribution in [0.25, 0.3) is 6.08 Å². The number of aromatic hydroxyl groups is 1. The number of carbonyl (C=O) groups excluding carboxylic acids is 2. The number of halogens is 1. The van der Waals surface area contributed by atoms with Crippen molar-refractivity contribution in [1.29, 1.82) is 0 Å². The van der Waals surface area contributed by atoms with Gasteiger partial charge in [0.05, 0.1) is 16.4 Å². The van der Waals surface area contributed by atoms with Crippen LogP contribution in [0.4, 0.5) is 10.5 Å². The number of rotatable bonds is 3. The van der Waals surface area contributed by atoms with Crippen LogP contribution in [0.2, 0.25) is 0 Å². The maximum absolute atomic E-state index is 12.2. The number of carbonyl (C=O) groups is 2. The van der Waals surface area contributed by atoms with Gasteiger partial charge in [0.1, 0.15) is 5.70 Å². The van der Waals surface area contributed by atoms with Crippen LogP contribution in [0.15, 0.2) is 48.2 Å². The molecule has 24 heavy (non-hydrogen) atoms. The monoisotopic (exact) mass is 436 g/mol. The zero-order valence-corrected chi connectivity index (χ0v) is 14.8. The Bertz CT molecular complexity index is 849. The smallest absolute Gasteiger partial charge is 0.333 e. The molecule has 1 aliphatic heterocycles. The molecule has 0 unspecified atom stereocenters. The van der Waals surface area contributed by atoms with E-state index in [1.807, 2.05) is 28.7 Å². The van der Waals surface area contributed by atoms with Gasteiger partial charge in [0.2, 0.25) is 0 Å². The standard InChI is InChI=1S/C17H13IN2O4/c1-24-14-9-10(7-12(18)15(14)21)8-13-16(22)19-17(23)20(13)11-5-3-2-4-6-11/h2-9,21H,1H3,(H,19,22,23)/b13-8+. The molecule has 0 aliphatic carbocycles. The van der Waals surface area contributed by atoms with E-state index in [1.165, 1.54) is 12.0 Å². The van der Waals surface area contributed by atoms with E-state index in [0.717, 1.165) is 0 Å². The van der Waals surface area contributed by atoms with Gasteiger partial charge in [-0.15, -0.1) is 0 Å². The van der Waals surface area contributed by atoms with Gasteiger partial charge in [-0.3, -0.25) is 15.0 Å². The first-order valence-electron chi connectivity index (χ1n) is 7.00. The molecular weight excluding hydrogens is 423 g/mol. The molecule has 0 atom stereocenters. The molecule has 0 bridgehead atoms. The molecule has 2 aromatic rings. The lowest BCUT2D eigenvalue weighted by atomic mass is 10.1. The molecule has 7 heteroatoms. The zero-order valence-electron chi connectivity index (χ0n) is 12.6. The number of para-hydroxylation sites is 1. The van der Waals surface area contributed by atoms with Crippen molar-refractivity contribution in [3.05, 3.63) is 57.3 Å². The number of anilines is 1. The zero-order chi connectivity index (χ0) is 17.3. The number of hydrogen-bond donors (Lipinski definition) is 2. The summed E-state index contributed by atoms with van der Waals surface area (Å²) in [5, 5.41) is 12.2. The third kappa shape index (κ3) is 2.94. The predicted octanol–water partition coefficient (Wildman–Crippen LogP) is 3.10. The summed E-state index contributed by atoms with van der Waals surface area (Å²) in [7, 11) is 1.45. The SMILES string of the molecule is COc1cc(/C=C2\C(=O)NC(=O)N2c2ccccc2)cc(I)c1O. The largest absolute Gasteiger partial charge is 0.504 e. The van der Waals surface area contributed by atoms with Gasteiger partial charge in [-0.25, -0.2) is 4.79 Å². The Labute approximate surface area is 151 Å². The third-order valence-electron chi connectivity index (χ3n) is 3.49. The van der Waals surface area contributed by atoms with Crippen LogP contribution in [0.3, 0.4) is 0 Å². The van der Waals surface area contributed by atoms with Crippen molar-refractivity contribution in [1.82, 2.24) is 5.32 Å². The molecule has 3 rings (SSSR count). The first-order valence-corrected chi connectivity index (χ1v) is 8.08. The minimum absolute atomic E-state index is 0.0344. The number of urea groups is 1. The molecule has 1 aliphatic rings. The number of nitrogens with zero attached hydrogens (tertiary/aromatic N) is 1. The number of imide groups is 1. The van der Waals surface area contributed by atoms with E-state index in [9.17, 15) is 14.7 Å². The Morgan fingerprint density at radius 1 is 1.21 bits per heavy atom. The quantitative estimate of drug-likeness (QED) is 0.441. The average Bonchev–Trinajstić information content (AvgIpc) is 2.85. The molecular formula is C17H13IN2O4. The summed E-state index contributed by atoms with van der Waals surface area (Å²) in [4.78, 5) is 25.6. The number of phenolic OH excluding ortho intramolecular Hbond substituents is 1. The van der Waals surface area contributed by atoms with Crippen molar-refractivity contribution >= 4 is 46.3 Å². The third-order valence-corrected chi connectivity index (χ3v) is 4.31. The molecule has 1 heterocycles. The minimum Gasteiger partial charge on any atom is -0.504 e. The number of amides is 3. The topological polar surface area (TPSA) is 78.9 Å². The second-order valence-electron chi connectivity index (χ2n) is 5.01. The fourth-order valence-electron chi connectivity index (χ4n) is 2.38. The maximum atomic E-state index is 12.2. The van der Waals surface area contributed by atoms with Crippen molar-refractivity contribution in [2.24, 2.45) is 0 Å². The van der Waals surface area contributed by atoms with Crippen molar-refractivity contribution in [2.45, 2.75) is 0 Å². The van der Waals surface area contributed by atoms with Gasteiger partial charge in [-0.2, -0.15) is 0 Å². The molecule has 1 fully saturated rings. The van der Waals surface area contributed by atoms with Crippen LogP contribution in [-0.2, 0) is 4.79 Å². The fraction of sp³-hybridized carbons (Fsp3) is 0.0588. The van der Waals surface area contributed by atoms with E-state index in [4.69, 9.17) is 4.74 Å². The number of nitrogens with one attached hydrogen (secondary N) is 1. The Kier molecular flexibility index (Phi) is 4.43. The first kappa shape index (κ1) is 16.3. The number of benzene rings is 2. The second-order valence-corrected chi connectivity index (χ2v) is 6.18. The van der Waals surface area contributed by atoms with Crippen LogP contribution in [0.5, 0.6) is 11.5 Å². The average molecular weight is 436 g/mol. The van der Waals surface area contributed by atoms with Crippen LogP contribution in [-0.4, -0.2) is 24.2 Å². The van der Waals surface area contributed by atoms with Crippen molar-refractivity contribution in [2.75, 3.05) is 12.0 Å². The van der Waals surface area contributed by atoms with Gasteiger partial charge in [0.25, 0.3) is 5.91 Å². The number of methoxy groups -OCH3 is 1. The lowest BCUT2D eigenvalue weighted by Crippen LogP contribution is -2.27. The van der Waals surface area contributed by atoms with Gasteiger partial charge in [0, 0.05) is 0 Å². The molecule has 122 valence electrons. The number of phenols is 1. The molecule has 3 amide bonds. The van der Waals surface area contributed by atoms with Gasteiger partial charge in [-0.1, -0.05) is 18.2 Å². The highest BCUT2D eigenvalue weighted by Gasteiger charge is 2.34. The number of ether oxygens (including phenoxy) is 1. The summed E-state index contributed by atoms with van der Waals surface area (Å²) in [6.45, 7) is 0. The number of hydrogen-bond acceptors (Lipinski definition) is 4. The van der Waals surface area contributed by atoms with Crippen LogP contribution >= 0.6 is 22.6 Å². The molecule has 0 saturated carbocycles. The lowest BCUT2D eigenvalue weighted by Gasteiger charge is -2.15. The molecule has 0 aromatic heterocycles. The van der Waals surface area contributed by atoms with Crippen molar-refractivity contribution in [3.8, 4) is 11.5 Å². The van der Waals surface area contributed by atoms with E-state index in [0.29, 0.717) is 20.6 Å². The summed E-state index contributed by atoms with van der Waals surface area (Å²) < 4.78 is 5.70. The summed E-state index contributed by atoms with van der Waals surface area (Å²) in [6.07, 6.45) is 1.58. The van der Waals surface area contributed by atoms with E-state index < -0.39 is 11.9 Å². The Morgan fingerprint density at radius 2 is 1.92 bits per heavy atom. The van der Waals surface area contributed by atoms with Gasteiger partial charge in [-0.05, 0) is 58.5 Å². The predicted molar refractivity (Wildman–Crippen MR) is 97.8 cm³/mol. The van der Waals surface area contributed by atoms with Gasteiger partial charge < -0.3 is 9.84 Å². The fourth-order valence-corrected chi connectivity index (χ4v) is 3.01. The van der Waals surface area contributed by atoms with Gasteiger partial charge >= 0.3 is 6.03 Å². The summed E-state index contributed by atoms with van der Waals surface area (Å²) >= 11 is 1.97. The molecule has 6 nitrogen and oxygen atoms in total. The normalized spacial score (nSPS) is 15.8. The van der Waals surface area contributed by atoms with Crippen LogP contribution in [0.1, 0.15) is 5.56 Å². The minimum atomic E-state index is -0.502. The first-order chi connectivity index (χ1) is 11.5. The second kappa shape index (κ2) is 6.52. The Hall–Kier alpha value is -2.55. The highest BCUT2D eigenvalue weighted by atomic mass is 127. The van der Waals surface area contributed by atoms with E-state index in [1.54, 1.807) is 42.5 Å². The van der Waals surface area contributed by atoms with E-state index in [-0.39, 0.29) is 11.4 Å². The molecule has 0 spiro atoms. The maximum Gasteiger partial charge on any atom is 0.333 e. The van der Waals surface area contributed by atoms with Crippen LogP contribution in [0, 0.1) is 3.57 Å². The summed E-state index contributed by atoms with van der Waals surface area (Å²) in [5.74, 6) is -0.150. The van der Waals surface area contributed by atoms with Crippen molar-refractivity contribution < 1.29 is 19.4 Å². The Balaban J connectivity index is 2.09. The van der Waals surface area contributed by atoms with Crippen molar-refractivity contribution in [3.63, 3.8) is 0 Å². The molecule has 2 aromatic carbocycles. The van der Waals surface area contributed by atoms with E-state index >= 15 is 0 Å². The lowest BCUT2D eigenvalue weighted by molar-refractivity contribution is -0.115. The summed E-state index contributed by atoms with van der Waals surface area (Å²) in [6, 6.07) is 11.7. The van der Waals surface area contributed by atoms with Gasteiger partial charge in [0.15, 0.2) is 11.5 Å². The van der Waals surface area contributed by atoms with Crippen LogP contribution < -0.4 is 15.0 Å². The molecule has 1 saturated heterocycles. The van der Waals surface area contributed by atoms with E-state index in [2.05, 4.69) is 5.32 Å². The highest BCUT2D eigenvalue weighted by molar-refractivity contribution is 14.1. The Morgan fingerprint density at radius 3 is 2.58 bits per heavy atom. The highest BCUT2D eigenvalue weighted by Crippen LogP contribution is 2.34. The molecule has 0 radical (unpaired) electrons. The molecule has 2 N–H and O–H groups in total. The summed E-state index contributed by atoms with van der Waals surface area (Å²) in [5.41, 5.74) is 1.43.